The molecule has 0 aliphatic heterocycles. The van der Waals surface area contributed by atoms with Gasteiger partial charge in [-0.25, -0.2) is 4.79 Å². The Morgan fingerprint density at radius 3 is 2.63 bits per heavy atom. The van der Waals surface area contributed by atoms with Crippen LogP contribution in [-0.2, 0) is 11.3 Å². The fourth-order valence-corrected chi connectivity index (χ4v) is 3.35. The average Bonchev–Trinajstić information content (AvgIpc) is 3.31. The molecule has 7 heteroatoms. The van der Waals surface area contributed by atoms with Crippen LogP contribution in [0, 0.1) is 0 Å². The predicted octanol–water partition coefficient (Wildman–Crippen LogP) is 4.36. The van der Waals surface area contributed by atoms with Gasteiger partial charge in [-0.2, -0.15) is 0 Å². The van der Waals surface area contributed by atoms with Gasteiger partial charge in [-0.05, 0) is 43.3 Å². The van der Waals surface area contributed by atoms with Gasteiger partial charge >= 0.3 is 6.03 Å². The first-order valence-electron chi connectivity index (χ1n) is 9.76. The summed E-state index contributed by atoms with van der Waals surface area (Å²) in [6.45, 7) is 2.15. The van der Waals surface area contributed by atoms with Crippen LogP contribution in [-0.4, -0.2) is 35.5 Å². The molecule has 2 aromatic heterocycles. The normalized spacial score (nSPS) is 12.1. The smallest absolute Gasteiger partial charge is 0.319 e. The van der Waals surface area contributed by atoms with Crippen molar-refractivity contribution in [2.24, 2.45) is 0 Å². The highest BCUT2D eigenvalue weighted by Gasteiger charge is 2.15. The number of carbonyl (C=O) groups is 2. The molecule has 0 spiro atoms. The fourth-order valence-electron chi connectivity index (χ4n) is 3.35. The highest BCUT2D eigenvalue weighted by Crippen LogP contribution is 2.24. The van der Waals surface area contributed by atoms with Crippen molar-refractivity contribution >= 4 is 39.5 Å². The van der Waals surface area contributed by atoms with Crippen molar-refractivity contribution < 1.29 is 14.0 Å². The van der Waals surface area contributed by atoms with Gasteiger partial charge < -0.3 is 24.5 Å². The lowest BCUT2D eigenvalue weighted by molar-refractivity contribution is -0.129. The molecular weight excluding hydrogens is 380 g/mol. The number of urea groups is 1. The number of anilines is 1. The number of likely N-dealkylation sites (N-methyl/N-ethyl adjacent to an activating group) is 1. The summed E-state index contributed by atoms with van der Waals surface area (Å²) in [4.78, 5) is 26.0. The molecule has 0 aliphatic carbocycles. The number of rotatable bonds is 5. The van der Waals surface area contributed by atoms with Crippen molar-refractivity contribution in [3.8, 4) is 0 Å². The van der Waals surface area contributed by atoms with Crippen LogP contribution in [0.25, 0.3) is 21.9 Å². The van der Waals surface area contributed by atoms with E-state index in [9.17, 15) is 9.59 Å². The molecule has 0 saturated heterocycles. The van der Waals surface area contributed by atoms with Crippen LogP contribution in [0.5, 0.6) is 0 Å². The third kappa shape index (κ3) is 4.00. The van der Waals surface area contributed by atoms with Gasteiger partial charge in [0.15, 0.2) is 0 Å². The lowest BCUT2D eigenvalue weighted by Crippen LogP contribution is -2.30. The van der Waals surface area contributed by atoms with E-state index in [1.165, 1.54) is 0 Å². The van der Waals surface area contributed by atoms with E-state index < -0.39 is 0 Å². The van der Waals surface area contributed by atoms with Crippen LogP contribution in [0.2, 0.25) is 0 Å². The number of nitrogens with zero attached hydrogens (tertiary/aromatic N) is 2. The van der Waals surface area contributed by atoms with Gasteiger partial charge in [-0.15, -0.1) is 0 Å². The van der Waals surface area contributed by atoms with Crippen molar-refractivity contribution in [1.29, 1.82) is 0 Å². The second kappa shape index (κ2) is 7.94. The predicted molar refractivity (Wildman–Crippen MR) is 117 cm³/mol. The van der Waals surface area contributed by atoms with Crippen LogP contribution in [0.3, 0.4) is 0 Å². The van der Waals surface area contributed by atoms with Gasteiger partial charge in [0.1, 0.15) is 17.9 Å². The quantitative estimate of drug-likeness (QED) is 0.519. The number of benzene rings is 2. The zero-order valence-corrected chi connectivity index (χ0v) is 17.2. The Morgan fingerprint density at radius 1 is 1.07 bits per heavy atom. The summed E-state index contributed by atoms with van der Waals surface area (Å²) in [5.41, 5.74) is 2.41. The Bertz CT molecular complexity index is 1190. The maximum atomic E-state index is 12.5. The van der Waals surface area contributed by atoms with E-state index in [0.717, 1.165) is 21.9 Å². The molecule has 154 valence electrons. The maximum Gasteiger partial charge on any atom is 0.319 e. The minimum Gasteiger partial charge on any atom is -0.459 e. The molecule has 4 rings (SSSR count). The van der Waals surface area contributed by atoms with Gasteiger partial charge in [0.05, 0.1) is 6.04 Å². The highest BCUT2D eigenvalue weighted by atomic mass is 16.3. The van der Waals surface area contributed by atoms with Crippen LogP contribution in [0.4, 0.5) is 10.5 Å². The monoisotopic (exact) mass is 404 g/mol. The fraction of sp³-hybridized carbons (Fsp3) is 0.217. The van der Waals surface area contributed by atoms with Gasteiger partial charge in [0.25, 0.3) is 0 Å². The van der Waals surface area contributed by atoms with Gasteiger partial charge in [-0.1, -0.05) is 18.2 Å². The summed E-state index contributed by atoms with van der Waals surface area (Å²) < 4.78 is 7.71. The Morgan fingerprint density at radius 2 is 1.87 bits per heavy atom. The average molecular weight is 404 g/mol. The molecule has 0 aliphatic rings. The zero-order chi connectivity index (χ0) is 21.3. The number of nitrogens with one attached hydrogen (secondary N) is 2. The standard InChI is InChI=1S/C23H24N4O3/c1-15(21-13-17-6-4-5-7-20(17)30-21)24-23(29)25-18-8-9-19-16(12-18)10-11-27(19)14-22(28)26(2)3/h4-13,15H,14H2,1-3H3,(H2,24,25,29). The number of hydrogen-bond donors (Lipinski definition) is 2. The molecule has 0 radical (unpaired) electrons. The molecule has 7 nitrogen and oxygen atoms in total. The second-order valence-electron chi connectivity index (χ2n) is 7.51. The number of amides is 3. The minimum absolute atomic E-state index is 0.0219. The molecule has 0 fully saturated rings. The van der Waals surface area contributed by atoms with E-state index >= 15 is 0 Å². The van der Waals surface area contributed by atoms with E-state index in [2.05, 4.69) is 10.6 Å². The van der Waals surface area contributed by atoms with Crippen molar-refractivity contribution in [3.63, 3.8) is 0 Å². The topological polar surface area (TPSA) is 79.5 Å². The minimum atomic E-state index is -0.315. The first-order chi connectivity index (χ1) is 14.4. The summed E-state index contributed by atoms with van der Waals surface area (Å²) in [7, 11) is 3.47. The molecule has 0 saturated carbocycles. The number of carbonyl (C=O) groups excluding carboxylic acids is 2. The van der Waals surface area contributed by atoms with Crippen LogP contribution in [0.1, 0.15) is 18.7 Å². The summed E-state index contributed by atoms with van der Waals surface area (Å²) in [6.07, 6.45) is 1.87. The van der Waals surface area contributed by atoms with Crippen molar-refractivity contribution in [2.75, 3.05) is 19.4 Å². The third-order valence-corrected chi connectivity index (χ3v) is 5.05. The molecule has 1 unspecified atom stereocenters. The van der Waals surface area contributed by atoms with Crippen molar-refractivity contribution in [1.82, 2.24) is 14.8 Å². The lowest BCUT2D eigenvalue weighted by atomic mass is 10.2. The summed E-state index contributed by atoms with van der Waals surface area (Å²) >= 11 is 0. The lowest BCUT2D eigenvalue weighted by Gasteiger charge is -2.13. The van der Waals surface area contributed by atoms with Gasteiger partial charge in [-0.3, -0.25) is 4.79 Å². The molecule has 30 heavy (non-hydrogen) atoms. The number of para-hydroxylation sites is 1. The SMILES string of the molecule is CC(NC(=O)Nc1ccc2c(ccn2CC(=O)N(C)C)c1)c1cc2ccccc2o1. The molecule has 2 heterocycles. The van der Waals surface area contributed by atoms with Crippen LogP contribution >= 0.6 is 0 Å². The van der Waals surface area contributed by atoms with Gasteiger partial charge in [0, 0.05) is 42.3 Å². The molecule has 0 bridgehead atoms. The Labute approximate surface area is 174 Å². The molecule has 1 atom stereocenters. The number of fused-ring (bicyclic) bond motifs is 2. The Hall–Kier alpha value is -3.74. The molecule has 4 aromatic rings. The zero-order valence-electron chi connectivity index (χ0n) is 17.2. The van der Waals surface area contributed by atoms with E-state index in [0.29, 0.717) is 11.4 Å². The first-order valence-corrected chi connectivity index (χ1v) is 9.76. The number of aromatic nitrogens is 1. The van der Waals surface area contributed by atoms with E-state index in [4.69, 9.17) is 4.42 Å². The highest BCUT2D eigenvalue weighted by molar-refractivity contribution is 5.93. The molecular formula is C23H24N4O3. The summed E-state index contributed by atoms with van der Waals surface area (Å²) in [6, 6.07) is 16.6. The van der Waals surface area contributed by atoms with E-state index in [1.54, 1.807) is 19.0 Å². The van der Waals surface area contributed by atoms with E-state index in [-0.39, 0.29) is 24.5 Å². The maximum absolute atomic E-state index is 12.5. The van der Waals surface area contributed by atoms with Crippen LogP contribution < -0.4 is 10.6 Å². The second-order valence-corrected chi connectivity index (χ2v) is 7.51. The summed E-state index contributed by atoms with van der Waals surface area (Å²) in [5.74, 6) is 0.720. The molecule has 3 amide bonds. The van der Waals surface area contributed by atoms with Gasteiger partial charge in [0.2, 0.25) is 5.91 Å². The first kappa shape index (κ1) is 19.6. The Kier molecular flexibility index (Phi) is 5.18. The third-order valence-electron chi connectivity index (χ3n) is 5.05. The van der Waals surface area contributed by atoms with E-state index in [1.807, 2.05) is 72.3 Å². The van der Waals surface area contributed by atoms with Crippen molar-refractivity contribution in [3.05, 3.63) is 66.6 Å². The summed E-state index contributed by atoms with van der Waals surface area (Å²) in [5, 5.41) is 7.71. The van der Waals surface area contributed by atoms with Crippen molar-refractivity contribution in [2.45, 2.75) is 19.5 Å². The Balaban J connectivity index is 1.43. The molecule has 2 aromatic carbocycles. The van der Waals surface area contributed by atoms with Crippen LogP contribution in [0.15, 0.2) is 65.2 Å². The number of hydrogen-bond acceptors (Lipinski definition) is 3. The largest absolute Gasteiger partial charge is 0.459 e. The number of furan rings is 1. The molecule has 2 N–H and O–H groups in total.